The zero-order chi connectivity index (χ0) is 15.5. The molecule has 1 amide bonds. The van der Waals surface area contributed by atoms with Gasteiger partial charge in [0.1, 0.15) is 5.60 Å². The summed E-state index contributed by atoms with van der Waals surface area (Å²) in [5.41, 5.74) is 0.550. The van der Waals surface area contributed by atoms with Gasteiger partial charge in [0.25, 0.3) is 0 Å². The van der Waals surface area contributed by atoms with Crippen molar-refractivity contribution in [3.63, 3.8) is 0 Å². The molecule has 2 rings (SSSR count). The first-order valence-corrected chi connectivity index (χ1v) is 8.22. The highest BCUT2D eigenvalue weighted by Gasteiger charge is 2.29. The Hall–Kier alpha value is -1.30. The van der Waals surface area contributed by atoms with Crippen LogP contribution in [0, 0.1) is 12.8 Å². The lowest BCUT2D eigenvalue weighted by Gasteiger charge is -2.24. The zero-order valence-electron chi connectivity index (χ0n) is 13.1. The number of likely N-dealkylation sites (tertiary alicyclic amines) is 1. The van der Waals surface area contributed by atoms with Crippen LogP contribution < -0.4 is 0 Å². The third-order valence-electron chi connectivity index (χ3n) is 3.16. The number of amides is 1. The normalized spacial score (nSPS) is 18.9. The maximum absolute atomic E-state index is 12.0. The Morgan fingerprint density at radius 2 is 2.29 bits per heavy atom. The third kappa shape index (κ3) is 5.19. The van der Waals surface area contributed by atoms with E-state index in [0.717, 1.165) is 36.1 Å². The molecule has 1 aromatic heterocycles. The van der Waals surface area contributed by atoms with Crippen molar-refractivity contribution in [3.8, 4) is 0 Å². The van der Waals surface area contributed by atoms with Crippen molar-refractivity contribution < 1.29 is 9.53 Å². The minimum Gasteiger partial charge on any atom is -0.444 e. The molecule has 21 heavy (non-hydrogen) atoms. The number of rotatable bonds is 3. The molecule has 0 aromatic carbocycles. The van der Waals surface area contributed by atoms with Gasteiger partial charge in [0, 0.05) is 30.7 Å². The molecule has 5 nitrogen and oxygen atoms in total. The van der Waals surface area contributed by atoms with Crippen molar-refractivity contribution in [1.29, 1.82) is 0 Å². The van der Waals surface area contributed by atoms with Crippen LogP contribution in [0.2, 0.25) is 0 Å². The molecule has 1 atom stereocenters. The molecule has 0 aliphatic carbocycles. The lowest BCUT2D eigenvalue weighted by atomic mass is 10.2. The molecule has 1 aliphatic heterocycles. The number of aryl methyl sites for hydroxylation is 1. The van der Waals surface area contributed by atoms with Crippen LogP contribution in [0.3, 0.4) is 0 Å². The quantitative estimate of drug-likeness (QED) is 0.634. The Balaban J connectivity index is 1.79. The van der Waals surface area contributed by atoms with E-state index < -0.39 is 5.60 Å². The minimum atomic E-state index is -0.431. The number of nitrogens with zero attached hydrogens (tertiary/aromatic N) is 3. The molecule has 0 unspecified atom stereocenters. The summed E-state index contributed by atoms with van der Waals surface area (Å²) in [5.74, 6) is 1.41. The van der Waals surface area contributed by atoms with Crippen LogP contribution in [0.25, 0.3) is 0 Å². The molecule has 0 bridgehead atoms. The molecular formula is C15H23N3O2S. The van der Waals surface area contributed by atoms with E-state index in [-0.39, 0.29) is 6.09 Å². The first-order valence-electron chi connectivity index (χ1n) is 7.24. The van der Waals surface area contributed by atoms with Gasteiger partial charge in [0.2, 0.25) is 0 Å². The molecule has 1 aromatic rings. The second kappa shape index (κ2) is 6.64. The van der Waals surface area contributed by atoms with E-state index in [4.69, 9.17) is 4.74 Å². The van der Waals surface area contributed by atoms with Crippen molar-refractivity contribution in [2.45, 2.75) is 44.9 Å². The molecule has 1 fully saturated rings. The fourth-order valence-corrected chi connectivity index (χ4v) is 3.15. The maximum atomic E-state index is 12.0. The van der Waals surface area contributed by atoms with Gasteiger partial charge in [0.05, 0.1) is 0 Å². The SMILES string of the molecule is Cc1ccnc(SC[C@@H]2CCN(C(=O)OC(C)(C)C)C2)n1. The van der Waals surface area contributed by atoms with Gasteiger partial charge < -0.3 is 9.64 Å². The summed E-state index contributed by atoms with van der Waals surface area (Å²) in [7, 11) is 0. The fraction of sp³-hybridized carbons (Fsp3) is 0.667. The van der Waals surface area contributed by atoms with Crippen molar-refractivity contribution in [3.05, 3.63) is 18.0 Å². The molecule has 6 heteroatoms. The van der Waals surface area contributed by atoms with Crippen LogP contribution in [0.5, 0.6) is 0 Å². The maximum Gasteiger partial charge on any atom is 0.410 e. The number of aromatic nitrogens is 2. The summed E-state index contributed by atoms with van der Waals surface area (Å²) < 4.78 is 5.40. The van der Waals surface area contributed by atoms with Gasteiger partial charge in [-0.25, -0.2) is 14.8 Å². The molecule has 1 aliphatic rings. The predicted molar refractivity (Wildman–Crippen MR) is 83.4 cm³/mol. The van der Waals surface area contributed by atoms with Crippen LogP contribution in [0.4, 0.5) is 4.79 Å². The molecule has 0 spiro atoms. The van der Waals surface area contributed by atoms with Gasteiger partial charge in [-0.1, -0.05) is 11.8 Å². The average Bonchev–Trinajstić information content (AvgIpc) is 2.83. The van der Waals surface area contributed by atoms with Crippen molar-refractivity contribution >= 4 is 17.9 Å². The number of ether oxygens (including phenoxy) is 1. The lowest BCUT2D eigenvalue weighted by Crippen LogP contribution is -2.35. The molecule has 116 valence electrons. The van der Waals surface area contributed by atoms with Crippen molar-refractivity contribution in [2.75, 3.05) is 18.8 Å². The molecular weight excluding hydrogens is 286 g/mol. The number of hydrogen-bond donors (Lipinski definition) is 0. The van der Waals surface area contributed by atoms with Gasteiger partial charge >= 0.3 is 6.09 Å². The predicted octanol–water partition coefficient (Wildman–Crippen LogP) is 3.13. The second-order valence-electron chi connectivity index (χ2n) is 6.37. The highest BCUT2D eigenvalue weighted by molar-refractivity contribution is 7.99. The number of carbonyl (C=O) groups is 1. The Labute approximate surface area is 130 Å². The molecule has 0 saturated carbocycles. The van der Waals surface area contributed by atoms with Gasteiger partial charge in [-0.05, 0) is 46.1 Å². The van der Waals surface area contributed by atoms with Gasteiger partial charge in [0.15, 0.2) is 5.16 Å². The van der Waals surface area contributed by atoms with E-state index in [1.54, 1.807) is 22.9 Å². The largest absolute Gasteiger partial charge is 0.444 e. The van der Waals surface area contributed by atoms with E-state index in [2.05, 4.69) is 9.97 Å². The molecule has 1 saturated heterocycles. The second-order valence-corrected chi connectivity index (χ2v) is 7.36. The summed E-state index contributed by atoms with van der Waals surface area (Å²) in [6, 6.07) is 1.89. The molecule has 2 heterocycles. The zero-order valence-corrected chi connectivity index (χ0v) is 13.9. The summed E-state index contributed by atoms with van der Waals surface area (Å²) in [6.07, 6.45) is 2.59. The van der Waals surface area contributed by atoms with Crippen molar-refractivity contribution in [2.24, 2.45) is 5.92 Å². The molecule has 0 radical (unpaired) electrons. The summed E-state index contributed by atoms with van der Waals surface area (Å²) in [4.78, 5) is 22.4. The van der Waals surface area contributed by atoms with Crippen LogP contribution in [-0.2, 0) is 4.74 Å². The standard InChI is InChI=1S/C15H23N3O2S/c1-11-5-7-16-13(17-11)21-10-12-6-8-18(9-12)14(19)20-15(2,3)4/h5,7,12H,6,8-10H2,1-4H3/t12-/m1/s1. The topological polar surface area (TPSA) is 55.3 Å². The van der Waals surface area contributed by atoms with Crippen LogP contribution in [0.1, 0.15) is 32.9 Å². The third-order valence-corrected chi connectivity index (χ3v) is 4.25. The summed E-state index contributed by atoms with van der Waals surface area (Å²) >= 11 is 1.66. The van der Waals surface area contributed by atoms with E-state index in [1.165, 1.54) is 0 Å². The number of hydrogen-bond acceptors (Lipinski definition) is 5. The van der Waals surface area contributed by atoms with Crippen LogP contribution in [0.15, 0.2) is 17.4 Å². The van der Waals surface area contributed by atoms with Crippen LogP contribution >= 0.6 is 11.8 Å². The monoisotopic (exact) mass is 309 g/mol. The highest BCUT2D eigenvalue weighted by Crippen LogP contribution is 2.25. The summed E-state index contributed by atoms with van der Waals surface area (Å²) in [6.45, 7) is 9.17. The van der Waals surface area contributed by atoms with Gasteiger partial charge in [-0.3, -0.25) is 0 Å². The Bertz CT molecular complexity index is 502. The summed E-state index contributed by atoms with van der Waals surface area (Å²) in [5, 5.41) is 0.811. The average molecular weight is 309 g/mol. The fourth-order valence-electron chi connectivity index (χ4n) is 2.15. The Kier molecular flexibility index (Phi) is 5.08. The van der Waals surface area contributed by atoms with E-state index in [9.17, 15) is 4.79 Å². The molecule has 0 N–H and O–H groups in total. The highest BCUT2D eigenvalue weighted by atomic mass is 32.2. The first kappa shape index (κ1) is 16.1. The lowest BCUT2D eigenvalue weighted by molar-refractivity contribution is 0.0289. The Morgan fingerprint density at radius 1 is 1.52 bits per heavy atom. The van der Waals surface area contributed by atoms with E-state index >= 15 is 0 Å². The van der Waals surface area contributed by atoms with Gasteiger partial charge in [-0.15, -0.1) is 0 Å². The number of thioether (sulfide) groups is 1. The minimum absolute atomic E-state index is 0.207. The Morgan fingerprint density at radius 3 is 2.95 bits per heavy atom. The van der Waals surface area contributed by atoms with Crippen LogP contribution in [-0.4, -0.2) is 45.4 Å². The number of carbonyl (C=O) groups excluding carboxylic acids is 1. The first-order chi connectivity index (χ1) is 9.83. The van der Waals surface area contributed by atoms with Crippen molar-refractivity contribution in [1.82, 2.24) is 14.9 Å². The van der Waals surface area contributed by atoms with E-state index in [0.29, 0.717) is 5.92 Å². The van der Waals surface area contributed by atoms with Gasteiger partial charge in [-0.2, -0.15) is 0 Å². The smallest absolute Gasteiger partial charge is 0.410 e. The van der Waals surface area contributed by atoms with E-state index in [1.807, 2.05) is 33.8 Å².